The molecule has 90 valence electrons. The quantitative estimate of drug-likeness (QED) is 0.850. The minimum Gasteiger partial charge on any atom is -0.369 e. The fourth-order valence-electron chi connectivity index (χ4n) is 1.43. The molecular weight excluding hydrogens is 259 g/mol. The zero-order valence-electron chi connectivity index (χ0n) is 9.11. The third kappa shape index (κ3) is 3.61. The Morgan fingerprint density at radius 1 is 1.35 bits per heavy atom. The van der Waals surface area contributed by atoms with Crippen molar-refractivity contribution in [1.82, 2.24) is 14.8 Å². The lowest BCUT2D eigenvalue weighted by Gasteiger charge is -2.07. The summed E-state index contributed by atoms with van der Waals surface area (Å²) in [5, 5.41) is 8.36. The van der Waals surface area contributed by atoms with Gasteiger partial charge in [0.2, 0.25) is 0 Å². The van der Waals surface area contributed by atoms with Crippen LogP contribution < -0.4 is 5.32 Å². The number of rotatable bonds is 5. The number of nitrogens with one attached hydrogen (secondary N) is 1. The Kier molecular flexibility index (Phi) is 4.23. The van der Waals surface area contributed by atoms with Crippen LogP contribution in [0.4, 0.5) is 5.82 Å². The zero-order chi connectivity index (χ0) is 12.1. The van der Waals surface area contributed by atoms with Crippen molar-refractivity contribution in [1.29, 1.82) is 0 Å². The second kappa shape index (κ2) is 5.89. The molecule has 0 atom stereocenters. The molecule has 2 aromatic rings. The zero-order valence-corrected chi connectivity index (χ0v) is 10.6. The number of pyridine rings is 1. The van der Waals surface area contributed by atoms with Gasteiger partial charge in [0.25, 0.3) is 0 Å². The fraction of sp³-hybridized carbons (Fsp3) is 0.273. The molecule has 0 unspecified atom stereocenters. The van der Waals surface area contributed by atoms with Gasteiger partial charge < -0.3 is 5.32 Å². The van der Waals surface area contributed by atoms with Crippen LogP contribution in [0.2, 0.25) is 10.0 Å². The first-order valence-electron chi connectivity index (χ1n) is 5.28. The molecule has 0 aliphatic rings. The van der Waals surface area contributed by atoms with Crippen LogP contribution in [0.1, 0.15) is 6.42 Å². The molecule has 0 fully saturated rings. The molecule has 0 aliphatic carbocycles. The van der Waals surface area contributed by atoms with Crippen LogP contribution in [0.25, 0.3) is 0 Å². The molecule has 1 N–H and O–H groups in total. The number of halogens is 2. The topological polar surface area (TPSA) is 42.7 Å². The molecule has 0 saturated carbocycles. The highest BCUT2D eigenvalue weighted by Crippen LogP contribution is 2.22. The average Bonchev–Trinajstić information content (AvgIpc) is 2.79. The Hall–Kier alpha value is -1.26. The summed E-state index contributed by atoms with van der Waals surface area (Å²) in [6.45, 7) is 1.65. The van der Waals surface area contributed by atoms with E-state index in [0.29, 0.717) is 15.9 Å². The third-order valence-corrected chi connectivity index (χ3v) is 2.72. The SMILES string of the molecule is Clc1cnc(NCCCn2cccn2)c(Cl)c1. The van der Waals surface area contributed by atoms with Gasteiger partial charge in [-0.1, -0.05) is 23.2 Å². The summed E-state index contributed by atoms with van der Waals surface area (Å²) in [5.41, 5.74) is 0. The van der Waals surface area contributed by atoms with Gasteiger partial charge in [0, 0.05) is 31.7 Å². The summed E-state index contributed by atoms with van der Waals surface area (Å²) < 4.78 is 1.89. The van der Waals surface area contributed by atoms with E-state index >= 15 is 0 Å². The largest absolute Gasteiger partial charge is 0.369 e. The molecule has 17 heavy (non-hydrogen) atoms. The monoisotopic (exact) mass is 270 g/mol. The molecule has 0 saturated heterocycles. The summed E-state index contributed by atoms with van der Waals surface area (Å²) in [7, 11) is 0. The van der Waals surface area contributed by atoms with Gasteiger partial charge in [-0.25, -0.2) is 4.98 Å². The lowest BCUT2D eigenvalue weighted by molar-refractivity contribution is 0.591. The number of hydrogen-bond acceptors (Lipinski definition) is 3. The van der Waals surface area contributed by atoms with Gasteiger partial charge in [0.1, 0.15) is 5.82 Å². The second-order valence-corrected chi connectivity index (χ2v) is 4.38. The van der Waals surface area contributed by atoms with Crippen LogP contribution in [-0.4, -0.2) is 21.3 Å². The van der Waals surface area contributed by atoms with Crippen molar-refractivity contribution in [3.63, 3.8) is 0 Å². The molecule has 2 aromatic heterocycles. The van der Waals surface area contributed by atoms with E-state index in [1.54, 1.807) is 18.5 Å². The number of aromatic nitrogens is 3. The van der Waals surface area contributed by atoms with Crippen LogP contribution in [0.15, 0.2) is 30.7 Å². The van der Waals surface area contributed by atoms with Gasteiger partial charge >= 0.3 is 0 Å². The van der Waals surface area contributed by atoms with Crippen molar-refractivity contribution in [3.05, 3.63) is 40.8 Å². The van der Waals surface area contributed by atoms with E-state index in [2.05, 4.69) is 15.4 Å². The van der Waals surface area contributed by atoms with E-state index in [4.69, 9.17) is 23.2 Å². The Labute approximate surface area is 110 Å². The van der Waals surface area contributed by atoms with Crippen molar-refractivity contribution in [2.45, 2.75) is 13.0 Å². The van der Waals surface area contributed by atoms with E-state index in [9.17, 15) is 0 Å². The minimum absolute atomic E-state index is 0.539. The van der Waals surface area contributed by atoms with Crippen LogP contribution in [0.3, 0.4) is 0 Å². The number of anilines is 1. The molecule has 0 radical (unpaired) electrons. The molecule has 6 heteroatoms. The number of aryl methyl sites for hydroxylation is 1. The number of hydrogen-bond donors (Lipinski definition) is 1. The van der Waals surface area contributed by atoms with Gasteiger partial charge in [-0.2, -0.15) is 5.10 Å². The van der Waals surface area contributed by atoms with E-state index in [0.717, 1.165) is 19.5 Å². The molecule has 4 nitrogen and oxygen atoms in total. The van der Waals surface area contributed by atoms with Crippen molar-refractivity contribution in [2.24, 2.45) is 0 Å². The van der Waals surface area contributed by atoms with E-state index in [1.165, 1.54) is 0 Å². The summed E-state index contributed by atoms with van der Waals surface area (Å²) in [5.74, 6) is 0.663. The van der Waals surface area contributed by atoms with E-state index < -0.39 is 0 Å². The predicted octanol–water partition coefficient (Wildman–Crippen LogP) is 3.09. The maximum atomic E-state index is 5.98. The van der Waals surface area contributed by atoms with Crippen LogP contribution in [0.5, 0.6) is 0 Å². The normalized spacial score (nSPS) is 10.5. The third-order valence-electron chi connectivity index (χ3n) is 2.22. The van der Waals surface area contributed by atoms with E-state index in [1.807, 2.05) is 16.9 Å². The van der Waals surface area contributed by atoms with Gasteiger partial charge in [-0.05, 0) is 18.6 Å². The smallest absolute Gasteiger partial charge is 0.144 e. The molecule has 0 amide bonds. The van der Waals surface area contributed by atoms with Crippen LogP contribution in [0, 0.1) is 0 Å². The van der Waals surface area contributed by atoms with Crippen molar-refractivity contribution >= 4 is 29.0 Å². The first kappa shape index (κ1) is 12.2. The maximum absolute atomic E-state index is 5.98. The van der Waals surface area contributed by atoms with Crippen molar-refractivity contribution in [2.75, 3.05) is 11.9 Å². The second-order valence-electron chi connectivity index (χ2n) is 3.53. The van der Waals surface area contributed by atoms with Crippen molar-refractivity contribution < 1.29 is 0 Å². The molecule has 0 aromatic carbocycles. The highest BCUT2D eigenvalue weighted by atomic mass is 35.5. The predicted molar refractivity (Wildman–Crippen MR) is 69.6 cm³/mol. The molecule has 2 heterocycles. The molecule has 0 aliphatic heterocycles. The highest BCUT2D eigenvalue weighted by molar-refractivity contribution is 6.35. The highest BCUT2D eigenvalue weighted by Gasteiger charge is 2.01. The first-order chi connectivity index (χ1) is 8.25. The summed E-state index contributed by atoms with van der Waals surface area (Å²) in [4.78, 5) is 4.11. The van der Waals surface area contributed by atoms with Gasteiger partial charge in [-0.3, -0.25) is 4.68 Å². The standard InChI is InChI=1S/C11H12Cl2N4/c12-9-7-10(13)11(15-8-9)14-3-1-5-17-6-2-4-16-17/h2,4,6-8H,1,3,5H2,(H,14,15). The van der Waals surface area contributed by atoms with Crippen LogP contribution >= 0.6 is 23.2 Å². The average molecular weight is 271 g/mol. The maximum Gasteiger partial charge on any atom is 0.144 e. The summed E-state index contributed by atoms with van der Waals surface area (Å²) >= 11 is 11.7. The Morgan fingerprint density at radius 3 is 2.94 bits per heavy atom. The first-order valence-corrected chi connectivity index (χ1v) is 6.03. The Bertz CT molecular complexity index is 470. The Balaban J connectivity index is 1.78. The van der Waals surface area contributed by atoms with E-state index in [-0.39, 0.29) is 0 Å². The van der Waals surface area contributed by atoms with Gasteiger partial charge in [-0.15, -0.1) is 0 Å². The molecule has 0 spiro atoms. The molecular formula is C11H12Cl2N4. The minimum atomic E-state index is 0.539. The van der Waals surface area contributed by atoms with Gasteiger partial charge in [0.15, 0.2) is 0 Å². The van der Waals surface area contributed by atoms with Gasteiger partial charge in [0.05, 0.1) is 10.0 Å². The van der Waals surface area contributed by atoms with Crippen molar-refractivity contribution in [3.8, 4) is 0 Å². The lowest BCUT2D eigenvalue weighted by atomic mass is 10.4. The summed E-state index contributed by atoms with van der Waals surface area (Å²) in [6, 6.07) is 3.58. The molecule has 2 rings (SSSR count). The molecule has 0 bridgehead atoms. The fourth-order valence-corrected chi connectivity index (χ4v) is 1.87. The number of nitrogens with zero attached hydrogens (tertiary/aromatic N) is 3. The Morgan fingerprint density at radius 2 is 2.24 bits per heavy atom. The lowest BCUT2D eigenvalue weighted by Crippen LogP contribution is -2.08. The summed E-state index contributed by atoms with van der Waals surface area (Å²) in [6.07, 6.45) is 6.23. The van der Waals surface area contributed by atoms with Crippen LogP contribution in [-0.2, 0) is 6.54 Å².